The van der Waals surface area contributed by atoms with Gasteiger partial charge in [0.25, 0.3) is 0 Å². The lowest BCUT2D eigenvalue weighted by atomic mass is 10.1. The zero-order valence-electron chi connectivity index (χ0n) is 12.7. The van der Waals surface area contributed by atoms with Gasteiger partial charge in [-0.05, 0) is 43.2 Å². The van der Waals surface area contributed by atoms with E-state index in [1.807, 2.05) is 0 Å². The molecule has 1 saturated heterocycles. The minimum absolute atomic E-state index is 0.141. The fourth-order valence-corrected chi connectivity index (χ4v) is 4.16. The first kappa shape index (κ1) is 16.8. The minimum atomic E-state index is -4.06. The summed E-state index contributed by atoms with van der Waals surface area (Å²) in [5.41, 5.74) is 0. The van der Waals surface area contributed by atoms with Crippen molar-refractivity contribution >= 4 is 10.0 Å². The van der Waals surface area contributed by atoms with Crippen molar-refractivity contribution in [2.75, 3.05) is 13.1 Å². The lowest BCUT2D eigenvalue weighted by Gasteiger charge is -2.31. The highest BCUT2D eigenvalue weighted by Gasteiger charge is 2.32. The van der Waals surface area contributed by atoms with E-state index in [2.05, 4.69) is 4.98 Å². The summed E-state index contributed by atoms with van der Waals surface area (Å²) >= 11 is 0. The van der Waals surface area contributed by atoms with Gasteiger partial charge in [0.2, 0.25) is 10.0 Å². The monoisotopic (exact) mass is 354 g/mol. The highest BCUT2D eigenvalue weighted by molar-refractivity contribution is 7.89. The molecule has 24 heavy (non-hydrogen) atoms. The molecule has 0 atom stereocenters. The predicted octanol–water partition coefficient (Wildman–Crippen LogP) is 2.59. The summed E-state index contributed by atoms with van der Waals surface area (Å²) in [5.74, 6) is -1.12. The second kappa shape index (κ2) is 6.82. The first-order valence-electron chi connectivity index (χ1n) is 7.49. The Labute approximate surface area is 138 Å². The molecule has 0 radical (unpaired) electrons. The van der Waals surface area contributed by atoms with Crippen LogP contribution in [0.15, 0.2) is 47.6 Å². The van der Waals surface area contributed by atoms with E-state index in [0.29, 0.717) is 24.7 Å². The van der Waals surface area contributed by atoms with Gasteiger partial charge in [-0.25, -0.2) is 17.2 Å². The van der Waals surface area contributed by atoms with Crippen LogP contribution in [0, 0.1) is 11.6 Å². The molecule has 0 unspecified atom stereocenters. The van der Waals surface area contributed by atoms with Crippen LogP contribution in [0.1, 0.15) is 12.8 Å². The smallest absolute Gasteiger partial charge is 0.246 e. The topological polar surface area (TPSA) is 59.5 Å². The third-order valence-electron chi connectivity index (χ3n) is 3.85. The number of rotatable bonds is 4. The summed E-state index contributed by atoms with van der Waals surface area (Å²) in [5, 5.41) is 0. The van der Waals surface area contributed by atoms with E-state index in [1.165, 1.54) is 0 Å². The molecule has 1 aromatic heterocycles. The zero-order valence-corrected chi connectivity index (χ0v) is 13.5. The number of ether oxygens (including phenoxy) is 1. The van der Waals surface area contributed by atoms with Gasteiger partial charge < -0.3 is 4.74 Å². The summed E-state index contributed by atoms with van der Waals surface area (Å²) in [6.45, 7) is 0.367. The standard InChI is InChI=1S/C16H16F2N2O3S/c17-12-3-4-15(18)16(10-12)24(21,22)20-8-5-13(6-9-20)23-14-2-1-7-19-11-14/h1-4,7,10-11,13H,5-6,8-9H2. The van der Waals surface area contributed by atoms with Gasteiger partial charge in [-0.15, -0.1) is 0 Å². The number of benzene rings is 1. The average Bonchev–Trinajstić information content (AvgIpc) is 2.58. The maximum absolute atomic E-state index is 13.8. The van der Waals surface area contributed by atoms with Crippen molar-refractivity contribution < 1.29 is 21.9 Å². The summed E-state index contributed by atoms with van der Waals surface area (Å²) in [7, 11) is -4.06. The van der Waals surface area contributed by atoms with Crippen molar-refractivity contribution in [1.29, 1.82) is 0 Å². The number of nitrogens with zero attached hydrogens (tertiary/aromatic N) is 2. The Bertz CT molecular complexity index is 807. The van der Waals surface area contributed by atoms with Crippen LogP contribution in [0.3, 0.4) is 0 Å². The number of aromatic nitrogens is 1. The van der Waals surface area contributed by atoms with Crippen LogP contribution >= 0.6 is 0 Å². The molecule has 0 saturated carbocycles. The van der Waals surface area contributed by atoms with Gasteiger partial charge in [0.15, 0.2) is 0 Å². The number of hydrogen-bond donors (Lipinski definition) is 0. The second-order valence-electron chi connectivity index (χ2n) is 5.48. The maximum Gasteiger partial charge on any atom is 0.246 e. The van der Waals surface area contributed by atoms with E-state index in [1.54, 1.807) is 24.5 Å². The minimum Gasteiger partial charge on any atom is -0.489 e. The van der Waals surface area contributed by atoms with Crippen LogP contribution < -0.4 is 4.74 Å². The number of hydrogen-bond acceptors (Lipinski definition) is 4. The molecular formula is C16H16F2N2O3S. The Hall–Kier alpha value is -2.06. The molecule has 1 aromatic carbocycles. The van der Waals surface area contributed by atoms with Crippen LogP contribution in [-0.2, 0) is 10.0 Å². The molecule has 5 nitrogen and oxygen atoms in total. The molecule has 0 spiro atoms. The fraction of sp³-hybridized carbons (Fsp3) is 0.312. The molecule has 2 heterocycles. The van der Waals surface area contributed by atoms with E-state index in [-0.39, 0.29) is 19.2 Å². The van der Waals surface area contributed by atoms with Gasteiger partial charge in [0, 0.05) is 19.3 Å². The number of halogens is 2. The number of pyridine rings is 1. The molecule has 8 heteroatoms. The molecule has 0 bridgehead atoms. The lowest BCUT2D eigenvalue weighted by Crippen LogP contribution is -2.42. The zero-order chi connectivity index (χ0) is 17.2. The van der Waals surface area contributed by atoms with Gasteiger partial charge in [-0.2, -0.15) is 4.31 Å². The number of sulfonamides is 1. The van der Waals surface area contributed by atoms with E-state index in [4.69, 9.17) is 4.74 Å². The summed E-state index contributed by atoms with van der Waals surface area (Å²) in [6, 6.07) is 5.95. The quantitative estimate of drug-likeness (QED) is 0.847. The highest BCUT2D eigenvalue weighted by Crippen LogP contribution is 2.25. The lowest BCUT2D eigenvalue weighted by molar-refractivity contribution is 0.134. The van der Waals surface area contributed by atoms with E-state index in [0.717, 1.165) is 16.4 Å². The second-order valence-corrected chi connectivity index (χ2v) is 7.39. The first-order chi connectivity index (χ1) is 11.5. The van der Waals surface area contributed by atoms with Crippen LogP contribution in [0.25, 0.3) is 0 Å². The van der Waals surface area contributed by atoms with E-state index < -0.39 is 26.6 Å². The SMILES string of the molecule is O=S(=O)(c1cc(F)ccc1F)N1CCC(Oc2cccnc2)CC1. The van der Waals surface area contributed by atoms with Crippen molar-refractivity contribution in [2.24, 2.45) is 0 Å². The van der Waals surface area contributed by atoms with Crippen LogP contribution in [-0.4, -0.2) is 36.9 Å². The first-order valence-corrected chi connectivity index (χ1v) is 8.93. The van der Waals surface area contributed by atoms with Crippen LogP contribution in [0.2, 0.25) is 0 Å². The largest absolute Gasteiger partial charge is 0.489 e. The molecule has 128 valence electrons. The summed E-state index contributed by atoms with van der Waals surface area (Å²) in [6.07, 6.45) is 4.01. The Morgan fingerprint density at radius 3 is 2.58 bits per heavy atom. The molecule has 0 aliphatic carbocycles. The Morgan fingerprint density at radius 2 is 1.92 bits per heavy atom. The fourth-order valence-electron chi connectivity index (χ4n) is 2.61. The molecule has 2 aromatic rings. The Balaban J connectivity index is 1.68. The Morgan fingerprint density at radius 1 is 1.17 bits per heavy atom. The third kappa shape index (κ3) is 3.54. The molecule has 3 rings (SSSR count). The van der Waals surface area contributed by atoms with E-state index in [9.17, 15) is 17.2 Å². The molecule has 0 N–H and O–H groups in total. The molecule has 1 aliphatic heterocycles. The van der Waals surface area contributed by atoms with Gasteiger partial charge >= 0.3 is 0 Å². The normalized spacial score (nSPS) is 16.9. The summed E-state index contributed by atoms with van der Waals surface area (Å²) < 4.78 is 58.9. The molecule has 1 fully saturated rings. The van der Waals surface area contributed by atoms with Crippen molar-refractivity contribution in [1.82, 2.24) is 9.29 Å². The predicted molar refractivity (Wildman–Crippen MR) is 83.0 cm³/mol. The molecule has 0 amide bonds. The maximum atomic E-state index is 13.8. The number of piperidine rings is 1. The molecule has 1 aliphatic rings. The van der Waals surface area contributed by atoms with Gasteiger partial charge in [-0.1, -0.05) is 0 Å². The van der Waals surface area contributed by atoms with Crippen molar-refractivity contribution in [3.05, 3.63) is 54.4 Å². The average molecular weight is 354 g/mol. The Kier molecular flexibility index (Phi) is 4.77. The van der Waals surface area contributed by atoms with E-state index >= 15 is 0 Å². The third-order valence-corrected chi connectivity index (χ3v) is 5.76. The van der Waals surface area contributed by atoms with Gasteiger partial charge in [0.1, 0.15) is 28.4 Å². The van der Waals surface area contributed by atoms with Gasteiger partial charge in [0.05, 0.1) is 6.20 Å². The molecular weight excluding hydrogens is 338 g/mol. The van der Waals surface area contributed by atoms with Crippen molar-refractivity contribution in [3.8, 4) is 5.75 Å². The highest BCUT2D eigenvalue weighted by atomic mass is 32.2. The van der Waals surface area contributed by atoms with Crippen LogP contribution in [0.4, 0.5) is 8.78 Å². The summed E-state index contributed by atoms with van der Waals surface area (Å²) in [4.78, 5) is 3.32. The van der Waals surface area contributed by atoms with Gasteiger partial charge in [-0.3, -0.25) is 4.98 Å². The van der Waals surface area contributed by atoms with Crippen molar-refractivity contribution in [2.45, 2.75) is 23.8 Å². The van der Waals surface area contributed by atoms with Crippen molar-refractivity contribution in [3.63, 3.8) is 0 Å². The van der Waals surface area contributed by atoms with Crippen LogP contribution in [0.5, 0.6) is 5.75 Å².